The van der Waals surface area contributed by atoms with Crippen LogP contribution in [0.5, 0.6) is 11.5 Å². The highest BCUT2D eigenvalue weighted by Crippen LogP contribution is 2.34. The summed E-state index contributed by atoms with van der Waals surface area (Å²) < 4.78 is 10.4. The van der Waals surface area contributed by atoms with E-state index >= 15 is 0 Å². The molecule has 1 heterocycles. The Hall–Kier alpha value is -2.28. The summed E-state index contributed by atoms with van der Waals surface area (Å²) in [5, 5.41) is 5.71. The maximum absolute atomic E-state index is 12.1. The number of hydrogen-bond donors (Lipinski definition) is 2. The number of nitrogens with one attached hydrogen (secondary N) is 2. The molecule has 0 aliphatic carbocycles. The van der Waals surface area contributed by atoms with Gasteiger partial charge in [0.25, 0.3) is 0 Å². The molecule has 114 valence electrons. The van der Waals surface area contributed by atoms with E-state index < -0.39 is 11.8 Å². The molecule has 0 atom stereocenters. The number of rotatable bonds is 3. The predicted octanol–water partition coefficient (Wildman–Crippen LogP) is 0.0741. The molecule has 1 fully saturated rings. The molecule has 7 nitrogen and oxygen atoms in total. The van der Waals surface area contributed by atoms with Gasteiger partial charge >= 0.3 is 11.8 Å². The summed E-state index contributed by atoms with van der Waals surface area (Å²) in [7, 11) is 2.99. The molecule has 1 aliphatic heterocycles. The monoisotopic (exact) mass is 293 g/mol. The zero-order valence-electron chi connectivity index (χ0n) is 12.1. The lowest BCUT2D eigenvalue weighted by molar-refractivity contribution is -0.143. The quantitative estimate of drug-likeness (QED) is 0.771. The maximum atomic E-state index is 12.1. The molecule has 0 unspecified atom stereocenters. The van der Waals surface area contributed by atoms with Gasteiger partial charge in [0.05, 0.1) is 19.9 Å². The van der Waals surface area contributed by atoms with Crippen LogP contribution in [0.2, 0.25) is 0 Å². The fraction of sp³-hybridized carbons (Fsp3) is 0.429. The number of amides is 2. The lowest BCUT2D eigenvalue weighted by Gasteiger charge is -2.26. The normalized spacial score (nSPS) is 14.5. The Balaban J connectivity index is 2.10. The molecular weight excluding hydrogens is 274 g/mol. The molecule has 0 spiro atoms. The van der Waals surface area contributed by atoms with Gasteiger partial charge in [-0.15, -0.1) is 0 Å². The van der Waals surface area contributed by atoms with Crippen LogP contribution >= 0.6 is 0 Å². The van der Waals surface area contributed by atoms with Crippen molar-refractivity contribution in [3.63, 3.8) is 0 Å². The van der Waals surface area contributed by atoms with Crippen molar-refractivity contribution in [2.45, 2.75) is 0 Å². The molecule has 1 aromatic carbocycles. The molecule has 0 bridgehead atoms. The Morgan fingerprint density at radius 1 is 1.19 bits per heavy atom. The zero-order valence-corrected chi connectivity index (χ0v) is 12.1. The van der Waals surface area contributed by atoms with Crippen LogP contribution in [0.25, 0.3) is 0 Å². The molecular formula is C14H19N3O4. The van der Waals surface area contributed by atoms with Crippen molar-refractivity contribution < 1.29 is 19.1 Å². The van der Waals surface area contributed by atoms with Gasteiger partial charge in [0.2, 0.25) is 0 Å². The van der Waals surface area contributed by atoms with E-state index in [2.05, 4.69) is 10.6 Å². The summed E-state index contributed by atoms with van der Waals surface area (Å²) in [5.74, 6) is -0.337. The van der Waals surface area contributed by atoms with E-state index in [1.807, 2.05) is 0 Å². The lowest BCUT2D eigenvalue weighted by atomic mass is 10.2. The SMILES string of the molecule is COc1cccc(NC(=O)C(=O)N2CCNCC2)c1OC. The Morgan fingerprint density at radius 2 is 1.90 bits per heavy atom. The third kappa shape index (κ3) is 3.43. The largest absolute Gasteiger partial charge is 0.493 e. The fourth-order valence-corrected chi connectivity index (χ4v) is 2.17. The van der Waals surface area contributed by atoms with Gasteiger partial charge in [-0.3, -0.25) is 9.59 Å². The molecule has 7 heteroatoms. The van der Waals surface area contributed by atoms with Crippen LogP contribution in [0.3, 0.4) is 0 Å². The minimum absolute atomic E-state index is 0.390. The Kier molecular flexibility index (Phi) is 4.99. The second kappa shape index (κ2) is 6.94. The number of carbonyl (C=O) groups is 2. The van der Waals surface area contributed by atoms with Crippen LogP contribution in [0.1, 0.15) is 0 Å². The van der Waals surface area contributed by atoms with Gasteiger partial charge in [-0.1, -0.05) is 6.07 Å². The summed E-state index contributed by atoms with van der Waals surface area (Å²) in [6, 6.07) is 5.09. The van der Waals surface area contributed by atoms with Crippen molar-refractivity contribution in [1.29, 1.82) is 0 Å². The van der Waals surface area contributed by atoms with E-state index in [0.717, 1.165) is 0 Å². The van der Waals surface area contributed by atoms with Gasteiger partial charge in [0, 0.05) is 26.2 Å². The van der Waals surface area contributed by atoms with Crippen molar-refractivity contribution in [3.8, 4) is 11.5 Å². The van der Waals surface area contributed by atoms with Crippen LogP contribution in [0, 0.1) is 0 Å². The molecule has 0 aromatic heterocycles. The highest BCUT2D eigenvalue weighted by atomic mass is 16.5. The first-order chi connectivity index (χ1) is 10.2. The lowest BCUT2D eigenvalue weighted by Crippen LogP contribution is -2.49. The summed E-state index contributed by atoms with van der Waals surface area (Å²) in [6.45, 7) is 2.45. The Labute approximate surface area is 123 Å². The second-order valence-electron chi connectivity index (χ2n) is 4.54. The molecule has 0 radical (unpaired) electrons. The standard InChI is InChI=1S/C14H19N3O4/c1-20-11-5-3-4-10(12(11)21-2)16-13(18)14(19)17-8-6-15-7-9-17/h3-5,15H,6-9H2,1-2H3,(H,16,18). The van der Waals surface area contributed by atoms with Gasteiger partial charge < -0.3 is 25.0 Å². The number of piperazine rings is 1. The summed E-state index contributed by atoms with van der Waals surface area (Å²) in [6.07, 6.45) is 0. The molecule has 0 saturated carbocycles. The topological polar surface area (TPSA) is 79.9 Å². The van der Waals surface area contributed by atoms with Gasteiger partial charge in [-0.25, -0.2) is 0 Å². The Bertz CT molecular complexity index is 527. The summed E-state index contributed by atoms with van der Waals surface area (Å²) in [4.78, 5) is 25.7. The summed E-state index contributed by atoms with van der Waals surface area (Å²) in [5.41, 5.74) is 0.408. The number of hydrogen-bond acceptors (Lipinski definition) is 5. The molecule has 1 aromatic rings. The maximum Gasteiger partial charge on any atom is 0.314 e. The van der Waals surface area contributed by atoms with E-state index in [0.29, 0.717) is 43.4 Å². The van der Waals surface area contributed by atoms with Gasteiger partial charge in [0.15, 0.2) is 11.5 Å². The molecule has 2 N–H and O–H groups in total. The predicted molar refractivity (Wildman–Crippen MR) is 77.6 cm³/mol. The first-order valence-corrected chi connectivity index (χ1v) is 6.69. The van der Waals surface area contributed by atoms with E-state index in [1.54, 1.807) is 18.2 Å². The van der Waals surface area contributed by atoms with E-state index in [4.69, 9.17) is 9.47 Å². The van der Waals surface area contributed by atoms with Crippen molar-refractivity contribution in [2.75, 3.05) is 45.7 Å². The van der Waals surface area contributed by atoms with Gasteiger partial charge in [0.1, 0.15) is 0 Å². The van der Waals surface area contributed by atoms with Gasteiger partial charge in [-0.2, -0.15) is 0 Å². The Morgan fingerprint density at radius 3 is 2.52 bits per heavy atom. The molecule has 2 amide bonds. The number of carbonyl (C=O) groups excluding carboxylic acids is 2. The van der Waals surface area contributed by atoms with Crippen molar-refractivity contribution in [2.24, 2.45) is 0 Å². The number of benzene rings is 1. The van der Waals surface area contributed by atoms with Crippen LogP contribution in [0.4, 0.5) is 5.69 Å². The van der Waals surface area contributed by atoms with Crippen molar-refractivity contribution in [3.05, 3.63) is 18.2 Å². The van der Waals surface area contributed by atoms with E-state index in [-0.39, 0.29) is 0 Å². The van der Waals surface area contributed by atoms with Crippen LogP contribution in [-0.2, 0) is 9.59 Å². The highest BCUT2D eigenvalue weighted by Gasteiger charge is 2.24. The number of nitrogens with zero attached hydrogens (tertiary/aromatic N) is 1. The smallest absolute Gasteiger partial charge is 0.314 e. The van der Waals surface area contributed by atoms with Crippen molar-refractivity contribution >= 4 is 17.5 Å². The average molecular weight is 293 g/mol. The van der Waals surface area contributed by atoms with E-state index in [9.17, 15) is 9.59 Å². The van der Waals surface area contributed by atoms with Crippen LogP contribution < -0.4 is 20.1 Å². The molecule has 1 saturated heterocycles. The van der Waals surface area contributed by atoms with E-state index in [1.165, 1.54) is 19.1 Å². The number of ether oxygens (including phenoxy) is 2. The first kappa shape index (κ1) is 15.1. The van der Waals surface area contributed by atoms with Gasteiger partial charge in [-0.05, 0) is 12.1 Å². The highest BCUT2D eigenvalue weighted by molar-refractivity contribution is 6.39. The molecule has 2 rings (SSSR count). The minimum Gasteiger partial charge on any atom is -0.493 e. The molecule has 1 aliphatic rings. The average Bonchev–Trinajstić information content (AvgIpc) is 2.54. The van der Waals surface area contributed by atoms with Crippen LogP contribution in [-0.4, -0.2) is 57.1 Å². The third-order valence-electron chi connectivity index (χ3n) is 3.25. The molecule has 21 heavy (non-hydrogen) atoms. The number of methoxy groups -OCH3 is 2. The third-order valence-corrected chi connectivity index (χ3v) is 3.25. The number of anilines is 1. The number of para-hydroxylation sites is 1. The fourth-order valence-electron chi connectivity index (χ4n) is 2.17. The first-order valence-electron chi connectivity index (χ1n) is 6.69. The second-order valence-corrected chi connectivity index (χ2v) is 4.54. The summed E-state index contributed by atoms with van der Waals surface area (Å²) >= 11 is 0. The van der Waals surface area contributed by atoms with Crippen LogP contribution in [0.15, 0.2) is 18.2 Å². The zero-order chi connectivity index (χ0) is 15.2. The van der Waals surface area contributed by atoms with Crippen molar-refractivity contribution in [1.82, 2.24) is 10.2 Å². The minimum atomic E-state index is -0.677.